The van der Waals surface area contributed by atoms with Gasteiger partial charge in [0.2, 0.25) is 0 Å². The van der Waals surface area contributed by atoms with E-state index >= 15 is 0 Å². The largest absolute Gasteiger partial charge is 0.356 e. The van der Waals surface area contributed by atoms with E-state index in [0.717, 1.165) is 38.6 Å². The molecule has 0 saturated carbocycles. The molecule has 0 aliphatic carbocycles. The lowest BCUT2D eigenvalue weighted by Crippen LogP contribution is -2.41. The van der Waals surface area contributed by atoms with Gasteiger partial charge in [0.1, 0.15) is 0 Å². The van der Waals surface area contributed by atoms with Crippen LogP contribution in [0.3, 0.4) is 0 Å². The molecule has 0 atom stereocenters. The standard InChI is InChI=1S/C23H41N5/c1-19(2)28(20(3)4)16-8-13-25-23(24-5)26-17-21-9-11-22(12-10-21)18-27-14-6-7-15-27/h9-12,19-20H,6-8,13-18H2,1-5H3,(H2,24,25,26). The summed E-state index contributed by atoms with van der Waals surface area (Å²) in [6.07, 6.45) is 3.81. The number of rotatable bonds is 10. The summed E-state index contributed by atoms with van der Waals surface area (Å²) < 4.78 is 0. The predicted molar refractivity (Wildman–Crippen MR) is 121 cm³/mol. The molecule has 2 rings (SSSR count). The molecule has 1 aromatic carbocycles. The van der Waals surface area contributed by atoms with Gasteiger partial charge >= 0.3 is 0 Å². The average Bonchev–Trinajstić information content (AvgIpc) is 3.17. The van der Waals surface area contributed by atoms with Crippen LogP contribution >= 0.6 is 0 Å². The average molecular weight is 388 g/mol. The fourth-order valence-electron chi connectivity index (χ4n) is 3.95. The summed E-state index contributed by atoms with van der Waals surface area (Å²) >= 11 is 0. The lowest BCUT2D eigenvalue weighted by atomic mass is 10.1. The third-order valence-corrected chi connectivity index (χ3v) is 5.52. The van der Waals surface area contributed by atoms with Gasteiger partial charge in [0.25, 0.3) is 0 Å². The molecule has 0 spiro atoms. The Balaban J connectivity index is 1.68. The van der Waals surface area contributed by atoms with Gasteiger partial charge in [0.15, 0.2) is 5.96 Å². The quantitative estimate of drug-likeness (QED) is 0.367. The number of benzene rings is 1. The minimum atomic E-state index is 0.589. The first-order chi connectivity index (χ1) is 13.5. The molecule has 1 aromatic rings. The zero-order chi connectivity index (χ0) is 20.4. The number of guanidine groups is 1. The summed E-state index contributed by atoms with van der Waals surface area (Å²) in [4.78, 5) is 9.42. The van der Waals surface area contributed by atoms with E-state index in [0.29, 0.717) is 12.1 Å². The second-order valence-electron chi connectivity index (χ2n) is 8.43. The summed E-state index contributed by atoms with van der Waals surface area (Å²) in [5, 5.41) is 6.86. The van der Waals surface area contributed by atoms with Crippen LogP contribution in [0.15, 0.2) is 29.3 Å². The van der Waals surface area contributed by atoms with Crippen LogP contribution in [0.1, 0.15) is 58.1 Å². The SMILES string of the molecule is CN=C(NCCCN(C(C)C)C(C)C)NCc1ccc(CN2CCCC2)cc1. The van der Waals surface area contributed by atoms with Gasteiger partial charge in [-0.3, -0.25) is 14.8 Å². The molecule has 0 bridgehead atoms. The number of aliphatic imine (C=N–C) groups is 1. The summed E-state index contributed by atoms with van der Waals surface area (Å²) in [5.41, 5.74) is 2.70. The van der Waals surface area contributed by atoms with Crippen molar-refractivity contribution in [3.8, 4) is 0 Å². The van der Waals surface area contributed by atoms with Crippen molar-refractivity contribution >= 4 is 5.96 Å². The van der Waals surface area contributed by atoms with Gasteiger partial charge in [-0.05, 0) is 71.2 Å². The van der Waals surface area contributed by atoms with E-state index in [1.165, 1.54) is 37.1 Å². The van der Waals surface area contributed by atoms with Crippen LogP contribution in [0.25, 0.3) is 0 Å². The Hall–Kier alpha value is -1.59. The molecule has 1 aliphatic heterocycles. The Morgan fingerprint density at radius 1 is 1.00 bits per heavy atom. The van der Waals surface area contributed by atoms with Gasteiger partial charge < -0.3 is 10.6 Å². The number of nitrogens with one attached hydrogen (secondary N) is 2. The van der Waals surface area contributed by atoms with E-state index in [2.05, 4.69) is 77.4 Å². The third kappa shape index (κ3) is 7.80. The molecule has 1 aliphatic rings. The number of hydrogen-bond donors (Lipinski definition) is 2. The number of hydrogen-bond acceptors (Lipinski definition) is 3. The first kappa shape index (κ1) is 22.7. The number of nitrogens with zero attached hydrogens (tertiary/aromatic N) is 3. The van der Waals surface area contributed by atoms with Gasteiger partial charge in [-0.25, -0.2) is 0 Å². The maximum absolute atomic E-state index is 4.35. The molecule has 0 amide bonds. The smallest absolute Gasteiger partial charge is 0.191 e. The van der Waals surface area contributed by atoms with Crippen molar-refractivity contribution in [3.63, 3.8) is 0 Å². The highest BCUT2D eigenvalue weighted by Gasteiger charge is 2.13. The van der Waals surface area contributed by atoms with E-state index in [-0.39, 0.29) is 0 Å². The van der Waals surface area contributed by atoms with Crippen molar-refractivity contribution < 1.29 is 0 Å². The highest BCUT2D eigenvalue weighted by molar-refractivity contribution is 5.79. The molecule has 158 valence electrons. The highest BCUT2D eigenvalue weighted by Crippen LogP contribution is 2.13. The highest BCUT2D eigenvalue weighted by atomic mass is 15.2. The molecular weight excluding hydrogens is 346 g/mol. The van der Waals surface area contributed by atoms with Gasteiger partial charge in [-0.15, -0.1) is 0 Å². The molecule has 0 aromatic heterocycles. The van der Waals surface area contributed by atoms with Crippen molar-refractivity contribution in [2.75, 3.05) is 33.2 Å². The lowest BCUT2D eigenvalue weighted by Gasteiger charge is -2.30. The van der Waals surface area contributed by atoms with Gasteiger partial charge in [0, 0.05) is 45.3 Å². The molecule has 5 nitrogen and oxygen atoms in total. The van der Waals surface area contributed by atoms with Crippen molar-refractivity contribution in [1.29, 1.82) is 0 Å². The van der Waals surface area contributed by atoms with Gasteiger partial charge in [-0.1, -0.05) is 24.3 Å². The molecule has 0 radical (unpaired) electrons. The predicted octanol–water partition coefficient (Wildman–Crippen LogP) is 3.46. The maximum Gasteiger partial charge on any atom is 0.191 e. The van der Waals surface area contributed by atoms with Crippen LogP contribution in [0, 0.1) is 0 Å². The van der Waals surface area contributed by atoms with E-state index in [1.54, 1.807) is 0 Å². The molecular formula is C23H41N5. The van der Waals surface area contributed by atoms with Crippen molar-refractivity contribution in [2.45, 2.75) is 72.1 Å². The molecule has 5 heteroatoms. The second-order valence-corrected chi connectivity index (χ2v) is 8.43. The van der Waals surface area contributed by atoms with Gasteiger partial charge in [-0.2, -0.15) is 0 Å². The fourth-order valence-corrected chi connectivity index (χ4v) is 3.95. The summed E-state index contributed by atoms with van der Waals surface area (Å²) in [6.45, 7) is 15.5. The summed E-state index contributed by atoms with van der Waals surface area (Å²) in [5.74, 6) is 0.877. The second kappa shape index (κ2) is 12.1. The van der Waals surface area contributed by atoms with E-state index < -0.39 is 0 Å². The zero-order valence-electron chi connectivity index (χ0n) is 18.7. The van der Waals surface area contributed by atoms with Crippen LogP contribution in [0.4, 0.5) is 0 Å². The topological polar surface area (TPSA) is 42.9 Å². The Kier molecular flexibility index (Phi) is 9.79. The third-order valence-electron chi connectivity index (χ3n) is 5.52. The maximum atomic E-state index is 4.35. The Morgan fingerprint density at radius 3 is 2.18 bits per heavy atom. The Labute approximate surface area is 172 Å². The molecule has 0 unspecified atom stereocenters. The van der Waals surface area contributed by atoms with Crippen molar-refractivity contribution in [3.05, 3.63) is 35.4 Å². The van der Waals surface area contributed by atoms with E-state index in [9.17, 15) is 0 Å². The normalized spacial score (nSPS) is 15.8. The van der Waals surface area contributed by atoms with E-state index in [1.807, 2.05) is 7.05 Å². The van der Waals surface area contributed by atoms with Gasteiger partial charge in [0.05, 0.1) is 0 Å². The Bertz CT molecular complexity index is 565. The van der Waals surface area contributed by atoms with Crippen LogP contribution in [-0.2, 0) is 13.1 Å². The molecule has 2 N–H and O–H groups in total. The molecule has 1 saturated heterocycles. The lowest BCUT2D eigenvalue weighted by molar-refractivity contribution is 0.173. The minimum Gasteiger partial charge on any atom is -0.356 e. The van der Waals surface area contributed by atoms with Crippen molar-refractivity contribution in [2.24, 2.45) is 4.99 Å². The zero-order valence-corrected chi connectivity index (χ0v) is 18.7. The van der Waals surface area contributed by atoms with E-state index in [4.69, 9.17) is 0 Å². The molecule has 1 heterocycles. The molecule has 1 fully saturated rings. The monoisotopic (exact) mass is 387 g/mol. The first-order valence-electron chi connectivity index (χ1n) is 11.0. The van der Waals surface area contributed by atoms with Crippen LogP contribution < -0.4 is 10.6 Å². The number of likely N-dealkylation sites (tertiary alicyclic amines) is 1. The van der Waals surface area contributed by atoms with Crippen LogP contribution in [0.5, 0.6) is 0 Å². The van der Waals surface area contributed by atoms with Crippen molar-refractivity contribution in [1.82, 2.24) is 20.4 Å². The minimum absolute atomic E-state index is 0.589. The summed E-state index contributed by atoms with van der Waals surface area (Å²) in [6, 6.07) is 10.2. The van der Waals surface area contributed by atoms with Crippen LogP contribution in [-0.4, -0.2) is 61.1 Å². The first-order valence-corrected chi connectivity index (χ1v) is 11.0. The fraction of sp³-hybridized carbons (Fsp3) is 0.696. The summed E-state index contributed by atoms with van der Waals surface area (Å²) in [7, 11) is 1.84. The molecule has 28 heavy (non-hydrogen) atoms. The Morgan fingerprint density at radius 2 is 1.61 bits per heavy atom. The van der Waals surface area contributed by atoms with Crippen LogP contribution in [0.2, 0.25) is 0 Å².